The van der Waals surface area contributed by atoms with Crippen LogP contribution in [0.4, 0.5) is 5.69 Å². The van der Waals surface area contributed by atoms with E-state index in [1.54, 1.807) is 0 Å². The number of carbonyl (C=O) groups excluding carboxylic acids is 1. The molecule has 0 fully saturated rings. The van der Waals surface area contributed by atoms with Crippen LogP contribution in [0.2, 0.25) is 0 Å². The van der Waals surface area contributed by atoms with Crippen molar-refractivity contribution >= 4 is 37.5 Å². The lowest BCUT2D eigenvalue weighted by Gasteiger charge is -2.12. The van der Waals surface area contributed by atoms with Crippen LogP contribution in [0.15, 0.2) is 50.7 Å². The molecule has 23 heavy (non-hydrogen) atoms. The van der Waals surface area contributed by atoms with Crippen molar-refractivity contribution in [1.82, 2.24) is 9.29 Å². The van der Waals surface area contributed by atoms with Crippen molar-refractivity contribution in [2.45, 2.75) is 4.90 Å². The normalized spacial score (nSPS) is 11.5. The molecule has 0 aliphatic carbocycles. The second-order valence-electron chi connectivity index (χ2n) is 4.83. The number of benzene rings is 1. The maximum Gasteiger partial charge on any atom is 0.271 e. The molecule has 0 spiro atoms. The van der Waals surface area contributed by atoms with E-state index in [0.29, 0.717) is 4.47 Å². The van der Waals surface area contributed by atoms with Gasteiger partial charge < -0.3 is 10.3 Å². The summed E-state index contributed by atoms with van der Waals surface area (Å²) in [5, 5.41) is 2.45. The zero-order valence-electron chi connectivity index (χ0n) is 12.3. The van der Waals surface area contributed by atoms with E-state index in [9.17, 15) is 18.0 Å². The molecule has 122 valence electrons. The molecule has 1 amide bonds. The van der Waals surface area contributed by atoms with Gasteiger partial charge in [-0.1, -0.05) is 6.07 Å². The molecule has 0 aliphatic heterocycles. The van der Waals surface area contributed by atoms with Crippen molar-refractivity contribution in [3.05, 3.63) is 56.9 Å². The van der Waals surface area contributed by atoms with E-state index in [4.69, 9.17) is 0 Å². The third kappa shape index (κ3) is 3.87. The molecule has 0 bridgehead atoms. The molecular weight excluding hydrogens is 386 g/mol. The van der Waals surface area contributed by atoms with E-state index in [0.717, 1.165) is 4.31 Å². The molecule has 7 nitrogen and oxygen atoms in total. The molecule has 1 aromatic carbocycles. The first-order valence-corrected chi connectivity index (χ1v) is 8.67. The van der Waals surface area contributed by atoms with Crippen molar-refractivity contribution in [1.29, 1.82) is 0 Å². The van der Waals surface area contributed by atoms with E-state index < -0.39 is 21.5 Å². The summed E-state index contributed by atoms with van der Waals surface area (Å²) in [4.78, 5) is 26.4. The number of carbonyl (C=O) groups is 1. The Kier molecular flexibility index (Phi) is 5.03. The number of aromatic nitrogens is 1. The number of hydrogen-bond donors (Lipinski definition) is 2. The Morgan fingerprint density at radius 2 is 1.96 bits per heavy atom. The maximum atomic E-state index is 12.2. The van der Waals surface area contributed by atoms with Crippen LogP contribution in [0.1, 0.15) is 10.4 Å². The van der Waals surface area contributed by atoms with Crippen LogP contribution in [0.3, 0.4) is 0 Å². The molecule has 0 radical (unpaired) electrons. The van der Waals surface area contributed by atoms with E-state index in [1.165, 1.54) is 50.6 Å². The van der Waals surface area contributed by atoms with Gasteiger partial charge in [0.1, 0.15) is 5.69 Å². The minimum Gasteiger partial charge on any atom is -0.326 e. The molecular formula is C14H14BrN3O4S. The van der Waals surface area contributed by atoms with E-state index >= 15 is 0 Å². The highest BCUT2D eigenvalue weighted by molar-refractivity contribution is 9.10. The van der Waals surface area contributed by atoms with Crippen molar-refractivity contribution in [2.24, 2.45) is 0 Å². The fourth-order valence-corrected chi connectivity index (χ4v) is 3.04. The Bertz CT molecular complexity index is 906. The lowest BCUT2D eigenvalue weighted by atomic mass is 10.2. The highest BCUT2D eigenvalue weighted by Gasteiger charge is 2.19. The molecule has 0 saturated carbocycles. The zero-order valence-corrected chi connectivity index (χ0v) is 14.7. The van der Waals surface area contributed by atoms with Crippen LogP contribution in [0.25, 0.3) is 0 Å². The number of aromatic amines is 1. The number of pyridine rings is 1. The Labute approximate surface area is 141 Å². The largest absolute Gasteiger partial charge is 0.326 e. The number of anilines is 1. The van der Waals surface area contributed by atoms with Crippen LogP contribution in [-0.2, 0) is 10.0 Å². The number of amides is 1. The van der Waals surface area contributed by atoms with Gasteiger partial charge in [0.05, 0.1) is 4.90 Å². The van der Waals surface area contributed by atoms with Crippen LogP contribution in [0.5, 0.6) is 0 Å². The average Bonchev–Trinajstić information content (AvgIpc) is 2.50. The van der Waals surface area contributed by atoms with Gasteiger partial charge >= 0.3 is 0 Å². The number of H-pyrrole nitrogens is 1. The first-order chi connectivity index (χ1) is 10.7. The highest BCUT2D eigenvalue weighted by Crippen LogP contribution is 2.16. The predicted molar refractivity (Wildman–Crippen MR) is 90.0 cm³/mol. The van der Waals surface area contributed by atoms with Crippen LogP contribution in [-0.4, -0.2) is 37.7 Å². The standard InChI is InChI=1S/C14H14BrN3O4S/c1-18(2)23(21,22)11-5-3-4-9(6-11)13(19)17-12-7-10(15)8-16-14(12)20/h3-8H,1-2H3,(H,16,20)(H,17,19). The monoisotopic (exact) mass is 399 g/mol. The maximum absolute atomic E-state index is 12.2. The van der Waals surface area contributed by atoms with E-state index in [2.05, 4.69) is 26.2 Å². The lowest BCUT2D eigenvalue weighted by Crippen LogP contribution is -2.23. The molecule has 2 aromatic rings. The number of nitrogens with one attached hydrogen (secondary N) is 2. The average molecular weight is 400 g/mol. The quantitative estimate of drug-likeness (QED) is 0.815. The summed E-state index contributed by atoms with van der Waals surface area (Å²) >= 11 is 3.19. The summed E-state index contributed by atoms with van der Waals surface area (Å²) in [6.07, 6.45) is 1.45. The minimum absolute atomic E-state index is 0.00157. The number of sulfonamides is 1. The van der Waals surface area contributed by atoms with Gasteiger partial charge in [-0.25, -0.2) is 12.7 Å². The van der Waals surface area contributed by atoms with Gasteiger partial charge in [-0.05, 0) is 40.2 Å². The summed E-state index contributed by atoms with van der Waals surface area (Å²) in [6.45, 7) is 0. The predicted octanol–water partition coefficient (Wildman–Crippen LogP) is 1.64. The van der Waals surface area contributed by atoms with Crippen molar-refractivity contribution in [2.75, 3.05) is 19.4 Å². The topological polar surface area (TPSA) is 99.3 Å². The van der Waals surface area contributed by atoms with Crippen LogP contribution in [0, 0.1) is 0 Å². The van der Waals surface area contributed by atoms with Crippen LogP contribution >= 0.6 is 15.9 Å². The molecule has 0 atom stereocenters. The first kappa shape index (κ1) is 17.4. The molecule has 1 aromatic heterocycles. The molecule has 0 saturated heterocycles. The number of nitrogens with zero attached hydrogens (tertiary/aromatic N) is 1. The SMILES string of the molecule is CN(C)S(=O)(=O)c1cccc(C(=O)Nc2cc(Br)c[nH]c2=O)c1. The summed E-state index contributed by atoms with van der Waals surface area (Å²) in [6, 6.07) is 7.05. The summed E-state index contributed by atoms with van der Waals surface area (Å²) in [7, 11) is -0.831. The number of hydrogen-bond acceptors (Lipinski definition) is 4. The Morgan fingerprint density at radius 3 is 2.61 bits per heavy atom. The van der Waals surface area contributed by atoms with Crippen molar-refractivity contribution < 1.29 is 13.2 Å². The molecule has 0 unspecified atom stereocenters. The van der Waals surface area contributed by atoms with Gasteiger partial charge in [0, 0.05) is 30.3 Å². The molecule has 0 aliphatic rings. The van der Waals surface area contributed by atoms with Gasteiger partial charge in [0.2, 0.25) is 10.0 Å². The Morgan fingerprint density at radius 1 is 1.26 bits per heavy atom. The Balaban J connectivity index is 2.34. The van der Waals surface area contributed by atoms with Gasteiger partial charge in [0.15, 0.2) is 0 Å². The van der Waals surface area contributed by atoms with E-state index in [1.807, 2.05) is 0 Å². The summed E-state index contributed by atoms with van der Waals surface area (Å²) in [5.41, 5.74) is -0.267. The number of halogens is 1. The number of rotatable bonds is 4. The molecule has 1 heterocycles. The van der Waals surface area contributed by atoms with Gasteiger partial charge in [-0.2, -0.15) is 0 Å². The van der Waals surface area contributed by atoms with E-state index in [-0.39, 0.29) is 16.1 Å². The minimum atomic E-state index is -3.64. The zero-order chi connectivity index (χ0) is 17.2. The third-order valence-electron chi connectivity index (χ3n) is 2.99. The smallest absolute Gasteiger partial charge is 0.271 e. The third-order valence-corrected chi connectivity index (χ3v) is 5.26. The fraction of sp³-hybridized carbons (Fsp3) is 0.143. The lowest BCUT2D eigenvalue weighted by molar-refractivity contribution is 0.102. The van der Waals surface area contributed by atoms with Gasteiger partial charge in [0.25, 0.3) is 11.5 Å². The fourth-order valence-electron chi connectivity index (χ4n) is 1.75. The Hall–Kier alpha value is -1.97. The summed E-state index contributed by atoms with van der Waals surface area (Å²) < 4.78 is 25.8. The van der Waals surface area contributed by atoms with Crippen molar-refractivity contribution in [3.8, 4) is 0 Å². The van der Waals surface area contributed by atoms with Crippen LogP contribution < -0.4 is 10.9 Å². The van der Waals surface area contributed by atoms with Gasteiger partial charge in [-0.15, -0.1) is 0 Å². The summed E-state index contributed by atoms with van der Waals surface area (Å²) in [5.74, 6) is -0.579. The molecule has 2 N–H and O–H groups in total. The molecule has 9 heteroatoms. The second-order valence-corrected chi connectivity index (χ2v) is 7.90. The highest BCUT2D eigenvalue weighted by atomic mass is 79.9. The molecule has 2 rings (SSSR count). The first-order valence-electron chi connectivity index (χ1n) is 6.44. The van der Waals surface area contributed by atoms with Gasteiger partial charge in [-0.3, -0.25) is 9.59 Å². The second kappa shape index (κ2) is 6.65. The van der Waals surface area contributed by atoms with Crippen molar-refractivity contribution in [3.63, 3.8) is 0 Å².